The molecule has 0 bridgehead atoms. The third-order valence-electron chi connectivity index (χ3n) is 9.37. The number of piperidine rings is 1. The predicted octanol–water partition coefficient (Wildman–Crippen LogP) is 3.51. The van der Waals surface area contributed by atoms with E-state index in [9.17, 15) is 4.79 Å². The number of hydrogen-bond donors (Lipinski definition) is 3. The van der Waals surface area contributed by atoms with E-state index in [2.05, 4.69) is 49.3 Å². The molecule has 194 valence electrons. The fraction of sp³-hybridized carbons (Fsp3) is 0.448. The van der Waals surface area contributed by atoms with Crippen LogP contribution in [0.1, 0.15) is 67.0 Å². The van der Waals surface area contributed by atoms with Crippen LogP contribution in [0.4, 0.5) is 5.95 Å². The maximum Gasteiger partial charge on any atom is 0.263 e. The molecule has 9 heteroatoms. The second kappa shape index (κ2) is 7.89. The van der Waals surface area contributed by atoms with Crippen LogP contribution in [-0.4, -0.2) is 44.3 Å². The number of rotatable bonds is 5. The maximum absolute atomic E-state index is 13.5. The summed E-state index contributed by atoms with van der Waals surface area (Å²) in [4.78, 5) is 27.9. The first-order valence-electron chi connectivity index (χ1n) is 13.8. The van der Waals surface area contributed by atoms with Gasteiger partial charge in [-0.3, -0.25) is 14.9 Å². The standard InChI is InChI=1S/C29H31N7O2/c30-23-20-4-2-1-3-17(20)16-28(23)10-13-36(14-11-28)27-32-25-22(26(37)33-27)24(34-35-25)29(8-9-29)18-7-12-31-21(15-18)38-19-5-6-19/h1-4,7,12,15,19,23H,5-6,8-11,13-14,16,30H2,(H2,32,33,34,35,37)/t23-/m1/s1. The summed E-state index contributed by atoms with van der Waals surface area (Å²) in [6, 6.07) is 12.6. The molecule has 38 heavy (non-hydrogen) atoms. The molecule has 1 spiro atoms. The third kappa shape index (κ3) is 3.34. The van der Waals surface area contributed by atoms with Gasteiger partial charge in [-0.25, -0.2) is 4.98 Å². The zero-order valence-electron chi connectivity index (χ0n) is 21.2. The van der Waals surface area contributed by atoms with Gasteiger partial charge in [-0.05, 0) is 73.1 Å². The van der Waals surface area contributed by atoms with Crippen molar-refractivity contribution in [1.29, 1.82) is 0 Å². The minimum atomic E-state index is -0.301. The van der Waals surface area contributed by atoms with E-state index < -0.39 is 0 Å². The molecule has 4 aromatic rings. The second-order valence-electron chi connectivity index (χ2n) is 11.7. The average Bonchev–Trinajstić information content (AvgIpc) is 3.86. The lowest BCUT2D eigenvalue weighted by molar-refractivity contribution is 0.187. The molecule has 3 aliphatic carbocycles. The summed E-state index contributed by atoms with van der Waals surface area (Å²) in [7, 11) is 0. The van der Waals surface area contributed by atoms with Crippen LogP contribution in [0.25, 0.3) is 11.0 Å². The Labute approximate surface area is 219 Å². The highest BCUT2D eigenvalue weighted by molar-refractivity contribution is 5.80. The highest BCUT2D eigenvalue weighted by Gasteiger charge is 2.50. The van der Waals surface area contributed by atoms with Crippen molar-refractivity contribution in [2.75, 3.05) is 18.0 Å². The van der Waals surface area contributed by atoms with Gasteiger partial charge in [-0.2, -0.15) is 10.1 Å². The topological polar surface area (TPSA) is 126 Å². The number of H-pyrrole nitrogens is 2. The third-order valence-corrected chi connectivity index (χ3v) is 9.37. The lowest BCUT2D eigenvalue weighted by Crippen LogP contribution is -2.45. The van der Waals surface area contributed by atoms with Crippen LogP contribution in [0, 0.1) is 5.41 Å². The number of hydrogen-bond acceptors (Lipinski definition) is 7. The number of aromatic amines is 2. The van der Waals surface area contributed by atoms with Gasteiger partial charge in [0.05, 0.1) is 5.69 Å². The molecule has 3 fully saturated rings. The van der Waals surface area contributed by atoms with E-state index in [1.54, 1.807) is 6.20 Å². The van der Waals surface area contributed by atoms with Crippen LogP contribution in [0.2, 0.25) is 0 Å². The first-order valence-corrected chi connectivity index (χ1v) is 13.8. The van der Waals surface area contributed by atoms with Gasteiger partial charge in [0.25, 0.3) is 5.56 Å². The lowest BCUT2D eigenvalue weighted by atomic mass is 9.73. The van der Waals surface area contributed by atoms with Crippen LogP contribution in [-0.2, 0) is 11.8 Å². The molecule has 4 aliphatic rings. The maximum atomic E-state index is 13.5. The van der Waals surface area contributed by atoms with Gasteiger partial charge in [-0.1, -0.05) is 24.3 Å². The van der Waals surface area contributed by atoms with E-state index in [0.29, 0.717) is 22.9 Å². The smallest absolute Gasteiger partial charge is 0.263 e. The molecule has 8 rings (SSSR count). The monoisotopic (exact) mass is 509 g/mol. The molecule has 3 aromatic heterocycles. The Balaban J connectivity index is 1.06. The lowest BCUT2D eigenvalue weighted by Gasteiger charge is -2.42. The molecule has 0 amide bonds. The summed E-state index contributed by atoms with van der Waals surface area (Å²) in [6.45, 7) is 1.61. The van der Waals surface area contributed by atoms with Crippen molar-refractivity contribution in [3.63, 3.8) is 0 Å². The predicted molar refractivity (Wildman–Crippen MR) is 143 cm³/mol. The average molecular weight is 510 g/mol. The van der Waals surface area contributed by atoms with Crippen LogP contribution in [0.5, 0.6) is 5.88 Å². The number of benzene rings is 1. The molecule has 1 saturated heterocycles. The van der Waals surface area contributed by atoms with Gasteiger partial charge in [-0.15, -0.1) is 0 Å². The van der Waals surface area contributed by atoms with E-state index in [-0.39, 0.29) is 28.5 Å². The number of anilines is 1. The normalized spacial score (nSPS) is 23.1. The number of nitrogens with zero attached hydrogens (tertiary/aromatic N) is 4. The Hall–Kier alpha value is -3.72. The molecule has 1 aliphatic heterocycles. The summed E-state index contributed by atoms with van der Waals surface area (Å²) in [5.74, 6) is 1.25. The van der Waals surface area contributed by atoms with Crippen molar-refractivity contribution in [1.82, 2.24) is 25.1 Å². The SMILES string of the molecule is N[C@@H]1c2ccccc2CC12CCN(c1nc3[nH]nc(C4(c5ccnc(OC6CC6)c5)CC4)c3c(=O)[nH]1)CC2. The van der Waals surface area contributed by atoms with Crippen LogP contribution >= 0.6 is 0 Å². The Kier molecular flexibility index (Phi) is 4.63. The summed E-state index contributed by atoms with van der Waals surface area (Å²) < 4.78 is 5.93. The number of nitrogens with two attached hydrogens (primary N) is 1. The molecule has 0 radical (unpaired) electrons. The Morgan fingerprint density at radius 1 is 1.08 bits per heavy atom. The van der Waals surface area contributed by atoms with Crippen molar-refractivity contribution in [3.05, 3.63) is 75.3 Å². The highest BCUT2D eigenvalue weighted by Crippen LogP contribution is 2.54. The van der Waals surface area contributed by atoms with Gasteiger partial charge in [0.15, 0.2) is 5.65 Å². The van der Waals surface area contributed by atoms with Crippen LogP contribution in [0.3, 0.4) is 0 Å². The van der Waals surface area contributed by atoms with Crippen LogP contribution < -0.4 is 20.9 Å². The van der Waals surface area contributed by atoms with Gasteiger partial charge >= 0.3 is 0 Å². The van der Waals surface area contributed by atoms with Crippen molar-refractivity contribution in [2.45, 2.75) is 62.5 Å². The highest BCUT2D eigenvalue weighted by atomic mass is 16.5. The molecule has 4 heterocycles. The summed E-state index contributed by atoms with van der Waals surface area (Å²) in [6.07, 6.45) is 9.07. The van der Waals surface area contributed by atoms with E-state index in [1.807, 2.05) is 12.1 Å². The Morgan fingerprint density at radius 2 is 1.89 bits per heavy atom. The van der Waals surface area contributed by atoms with Crippen molar-refractivity contribution >= 4 is 17.0 Å². The number of ether oxygens (including phenoxy) is 1. The van der Waals surface area contributed by atoms with Gasteiger partial charge < -0.3 is 15.4 Å². The largest absolute Gasteiger partial charge is 0.474 e. The fourth-order valence-electron chi connectivity index (χ4n) is 6.81. The van der Waals surface area contributed by atoms with Crippen molar-refractivity contribution in [2.24, 2.45) is 11.1 Å². The van der Waals surface area contributed by atoms with Gasteiger partial charge in [0, 0.05) is 36.8 Å². The Morgan fingerprint density at radius 3 is 2.66 bits per heavy atom. The molecule has 9 nitrogen and oxygen atoms in total. The zero-order chi connectivity index (χ0) is 25.5. The number of aromatic nitrogens is 5. The van der Waals surface area contributed by atoms with Crippen LogP contribution in [0.15, 0.2) is 47.4 Å². The van der Waals surface area contributed by atoms with E-state index in [1.165, 1.54) is 11.1 Å². The van der Waals surface area contributed by atoms with E-state index >= 15 is 0 Å². The molecule has 1 atom stereocenters. The van der Waals surface area contributed by atoms with E-state index in [0.717, 1.165) is 69.3 Å². The minimum absolute atomic E-state index is 0.0589. The zero-order valence-corrected chi connectivity index (χ0v) is 21.2. The van der Waals surface area contributed by atoms with Gasteiger partial charge in [0.2, 0.25) is 11.8 Å². The first-order chi connectivity index (χ1) is 18.5. The van der Waals surface area contributed by atoms with Crippen molar-refractivity contribution < 1.29 is 4.74 Å². The number of pyridine rings is 1. The molecule has 4 N–H and O–H groups in total. The molecule has 1 aromatic carbocycles. The number of nitrogens with one attached hydrogen (secondary N) is 2. The first kappa shape index (κ1) is 22.3. The molecule has 0 unspecified atom stereocenters. The molecule has 2 saturated carbocycles. The molecular weight excluding hydrogens is 478 g/mol. The fourth-order valence-corrected chi connectivity index (χ4v) is 6.81. The van der Waals surface area contributed by atoms with E-state index in [4.69, 9.17) is 15.5 Å². The number of fused-ring (bicyclic) bond motifs is 2. The molecular formula is C29H31N7O2. The summed E-state index contributed by atoms with van der Waals surface area (Å²) in [5, 5.41) is 8.27. The minimum Gasteiger partial charge on any atom is -0.474 e. The summed E-state index contributed by atoms with van der Waals surface area (Å²) in [5.41, 5.74) is 11.5. The van der Waals surface area contributed by atoms with Crippen molar-refractivity contribution in [3.8, 4) is 5.88 Å². The Bertz CT molecular complexity index is 1610. The second-order valence-corrected chi connectivity index (χ2v) is 11.7. The summed E-state index contributed by atoms with van der Waals surface area (Å²) >= 11 is 0. The van der Waals surface area contributed by atoms with Gasteiger partial charge in [0.1, 0.15) is 11.5 Å². The quantitative estimate of drug-likeness (QED) is 0.376.